The van der Waals surface area contributed by atoms with Gasteiger partial charge in [-0.25, -0.2) is 9.37 Å². The molecule has 1 N–H and O–H groups in total. The Balaban J connectivity index is 1.36. The number of aromatic nitrogens is 1. The highest BCUT2D eigenvalue weighted by Gasteiger charge is 2.23. The highest BCUT2D eigenvalue weighted by Crippen LogP contribution is 2.25. The van der Waals surface area contributed by atoms with Crippen molar-refractivity contribution in [2.24, 2.45) is 0 Å². The van der Waals surface area contributed by atoms with Crippen molar-refractivity contribution in [3.63, 3.8) is 0 Å². The van der Waals surface area contributed by atoms with E-state index in [0.717, 1.165) is 31.7 Å². The number of halogens is 1. The summed E-state index contributed by atoms with van der Waals surface area (Å²) in [5.74, 6) is 0.862. The molecule has 0 radical (unpaired) electrons. The first-order valence-corrected chi connectivity index (χ1v) is 9.02. The van der Waals surface area contributed by atoms with Crippen LogP contribution in [0.15, 0.2) is 65.2 Å². The van der Waals surface area contributed by atoms with Crippen LogP contribution in [0.2, 0.25) is 0 Å². The molecule has 5 nitrogen and oxygen atoms in total. The lowest BCUT2D eigenvalue weighted by molar-refractivity contribution is 0.0903. The molecule has 3 heterocycles. The maximum absolute atomic E-state index is 13.9. The van der Waals surface area contributed by atoms with Crippen LogP contribution in [0.1, 0.15) is 23.4 Å². The molecular formula is C21H20FN3O2. The van der Waals surface area contributed by atoms with E-state index in [4.69, 9.17) is 4.42 Å². The second kappa shape index (κ2) is 7.61. The zero-order valence-corrected chi connectivity index (χ0v) is 14.8. The molecule has 0 atom stereocenters. The molecule has 0 unspecified atom stereocenters. The van der Waals surface area contributed by atoms with Crippen LogP contribution < -0.4 is 10.2 Å². The number of hydrogen-bond acceptors (Lipinski definition) is 4. The van der Waals surface area contributed by atoms with Crippen molar-refractivity contribution >= 4 is 11.7 Å². The zero-order chi connectivity index (χ0) is 18.6. The minimum absolute atomic E-state index is 0.0828. The Morgan fingerprint density at radius 3 is 2.59 bits per heavy atom. The van der Waals surface area contributed by atoms with Crippen LogP contribution in [0.5, 0.6) is 0 Å². The molecule has 0 bridgehead atoms. The van der Waals surface area contributed by atoms with Crippen molar-refractivity contribution in [1.82, 2.24) is 10.3 Å². The average molecular weight is 365 g/mol. The van der Waals surface area contributed by atoms with E-state index in [2.05, 4.69) is 15.2 Å². The molecule has 27 heavy (non-hydrogen) atoms. The number of rotatable bonds is 4. The van der Waals surface area contributed by atoms with Crippen molar-refractivity contribution in [1.29, 1.82) is 0 Å². The topological polar surface area (TPSA) is 58.4 Å². The van der Waals surface area contributed by atoms with Crippen LogP contribution in [0, 0.1) is 5.82 Å². The van der Waals surface area contributed by atoms with Gasteiger partial charge >= 0.3 is 0 Å². The Hall–Kier alpha value is -3.15. The molecule has 6 heteroatoms. The minimum Gasteiger partial charge on any atom is -0.451 e. The predicted molar refractivity (Wildman–Crippen MR) is 101 cm³/mol. The molecule has 1 saturated heterocycles. The molecule has 1 aliphatic rings. The van der Waals surface area contributed by atoms with E-state index in [9.17, 15) is 9.18 Å². The molecule has 1 aliphatic heterocycles. The number of nitrogens with one attached hydrogen (secondary N) is 1. The number of carbonyl (C=O) groups is 1. The van der Waals surface area contributed by atoms with Crippen molar-refractivity contribution in [2.75, 3.05) is 18.0 Å². The number of anilines is 1. The van der Waals surface area contributed by atoms with E-state index < -0.39 is 0 Å². The molecule has 138 valence electrons. The second-order valence-electron chi connectivity index (χ2n) is 6.57. The van der Waals surface area contributed by atoms with Gasteiger partial charge in [0.05, 0.1) is 5.56 Å². The fraction of sp³-hybridized carbons (Fsp3) is 0.238. The number of nitrogens with zero attached hydrogens (tertiary/aromatic N) is 2. The van der Waals surface area contributed by atoms with Gasteiger partial charge in [-0.1, -0.05) is 18.2 Å². The third-order valence-corrected chi connectivity index (χ3v) is 4.77. The maximum atomic E-state index is 13.9. The normalized spacial score (nSPS) is 14.9. The first-order valence-electron chi connectivity index (χ1n) is 9.02. The van der Waals surface area contributed by atoms with Gasteiger partial charge in [-0.3, -0.25) is 4.79 Å². The Bertz CT molecular complexity index is 918. The molecule has 1 aromatic carbocycles. The summed E-state index contributed by atoms with van der Waals surface area (Å²) < 4.78 is 19.4. The lowest BCUT2D eigenvalue weighted by Crippen LogP contribution is -2.44. The third kappa shape index (κ3) is 3.84. The fourth-order valence-corrected chi connectivity index (χ4v) is 3.32. The monoisotopic (exact) mass is 365 g/mol. The van der Waals surface area contributed by atoms with Gasteiger partial charge in [0.1, 0.15) is 17.4 Å². The molecule has 2 aromatic heterocycles. The highest BCUT2D eigenvalue weighted by atomic mass is 19.1. The van der Waals surface area contributed by atoms with Crippen molar-refractivity contribution < 1.29 is 13.6 Å². The van der Waals surface area contributed by atoms with Gasteiger partial charge in [-0.05, 0) is 49.2 Å². The van der Waals surface area contributed by atoms with Gasteiger partial charge in [0.25, 0.3) is 5.91 Å². The molecule has 0 aliphatic carbocycles. The van der Waals surface area contributed by atoms with E-state index >= 15 is 0 Å². The Labute approximate surface area is 156 Å². The lowest BCUT2D eigenvalue weighted by atomic mass is 10.0. The van der Waals surface area contributed by atoms with Gasteiger partial charge < -0.3 is 14.6 Å². The van der Waals surface area contributed by atoms with E-state index in [1.54, 1.807) is 36.5 Å². The van der Waals surface area contributed by atoms with Crippen LogP contribution >= 0.6 is 0 Å². The molecule has 0 spiro atoms. The largest absolute Gasteiger partial charge is 0.451 e. The zero-order valence-electron chi connectivity index (χ0n) is 14.8. The molecule has 4 rings (SSSR count). The summed E-state index contributed by atoms with van der Waals surface area (Å²) in [6, 6.07) is 15.5. The molecular weight excluding hydrogens is 345 g/mol. The van der Waals surface area contributed by atoms with Gasteiger partial charge in [-0.15, -0.1) is 0 Å². The maximum Gasteiger partial charge on any atom is 0.287 e. The van der Waals surface area contributed by atoms with Gasteiger partial charge in [0.15, 0.2) is 5.76 Å². The summed E-state index contributed by atoms with van der Waals surface area (Å²) in [4.78, 5) is 19.1. The van der Waals surface area contributed by atoms with Gasteiger partial charge in [-0.2, -0.15) is 0 Å². The number of benzene rings is 1. The summed E-state index contributed by atoms with van der Waals surface area (Å²) in [5, 5.41) is 3.01. The van der Waals surface area contributed by atoms with E-state index in [1.807, 2.05) is 18.2 Å². The fourth-order valence-electron chi connectivity index (χ4n) is 3.32. The first-order chi connectivity index (χ1) is 13.2. The number of furan rings is 1. The number of amides is 1. The van der Waals surface area contributed by atoms with Gasteiger partial charge in [0.2, 0.25) is 0 Å². The Morgan fingerprint density at radius 1 is 1.07 bits per heavy atom. The van der Waals surface area contributed by atoms with E-state index in [1.165, 1.54) is 6.07 Å². The molecule has 1 amide bonds. The number of carbonyl (C=O) groups excluding carboxylic acids is 1. The Morgan fingerprint density at radius 2 is 1.85 bits per heavy atom. The average Bonchev–Trinajstić information content (AvgIpc) is 3.20. The van der Waals surface area contributed by atoms with E-state index in [0.29, 0.717) is 11.3 Å². The smallest absolute Gasteiger partial charge is 0.287 e. The lowest BCUT2D eigenvalue weighted by Gasteiger charge is -2.32. The van der Waals surface area contributed by atoms with Crippen molar-refractivity contribution in [3.8, 4) is 11.3 Å². The molecule has 1 fully saturated rings. The summed E-state index contributed by atoms with van der Waals surface area (Å²) in [5.41, 5.74) is 0.347. The predicted octanol–water partition coefficient (Wildman–Crippen LogP) is 3.88. The quantitative estimate of drug-likeness (QED) is 0.762. The third-order valence-electron chi connectivity index (χ3n) is 4.77. The molecule has 0 saturated carbocycles. The van der Waals surface area contributed by atoms with Crippen LogP contribution in [-0.4, -0.2) is 30.0 Å². The van der Waals surface area contributed by atoms with Crippen LogP contribution in [0.3, 0.4) is 0 Å². The number of piperidine rings is 1. The standard InChI is InChI=1S/C21H20FN3O2/c22-17-6-2-1-5-16(17)18-8-9-19(27-18)21(26)24-15-10-13-25(14-11-15)20-7-3-4-12-23-20/h1-9,12,15H,10-11,13-14H2,(H,24,26). The van der Waals surface area contributed by atoms with E-state index in [-0.39, 0.29) is 23.5 Å². The summed E-state index contributed by atoms with van der Waals surface area (Å²) in [6.07, 6.45) is 3.46. The Kier molecular flexibility index (Phi) is 4.87. The molecule has 3 aromatic rings. The first kappa shape index (κ1) is 17.3. The van der Waals surface area contributed by atoms with Gasteiger partial charge in [0, 0.05) is 25.3 Å². The minimum atomic E-state index is -0.374. The SMILES string of the molecule is O=C(NC1CCN(c2ccccn2)CC1)c1ccc(-c2ccccc2F)o1. The van der Waals surface area contributed by atoms with Crippen LogP contribution in [0.25, 0.3) is 11.3 Å². The highest BCUT2D eigenvalue weighted by molar-refractivity contribution is 5.92. The van der Waals surface area contributed by atoms with Crippen LogP contribution in [0.4, 0.5) is 10.2 Å². The van der Waals surface area contributed by atoms with Crippen LogP contribution in [-0.2, 0) is 0 Å². The summed E-state index contributed by atoms with van der Waals surface area (Å²) in [6.45, 7) is 1.67. The number of hydrogen-bond donors (Lipinski definition) is 1. The number of pyridine rings is 1. The second-order valence-corrected chi connectivity index (χ2v) is 6.57. The summed E-state index contributed by atoms with van der Waals surface area (Å²) in [7, 11) is 0. The summed E-state index contributed by atoms with van der Waals surface area (Å²) >= 11 is 0. The van der Waals surface area contributed by atoms with Crippen molar-refractivity contribution in [2.45, 2.75) is 18.9 Å². The van der Waals surface area contributed by atoms with Crippen molar-refractivity contribution in [3.05, 3.63) is 72.4 Å².